The van der Waals surface area contributed by atoms with Gasteiger partial charge in [-0.1, -0.05) is 41.6 Å². The molecule has 0 aliphatic rings. The SMILES string of the molecule is O=NCc1cccc(OCc2ccccc2)c1[N+](=O)[O-]. The zero-order valence-electron chi connectivity index (χ0n) is 10.6. The Hall–Kier alpha value is -2.76. The lowest BCUT2D eigenvalue weighted by atomic mass is 10.1. The minimum atomic E-state index is -0.555. The summed E-state index contributed by atoms with van der Waals surface area (Å²) in [5.41, 5.74) is 0.944. The van der Waals surface area contributed by atoms with Gasteiger partial charge in [0.25, 0.3) is 0 Å². The maximum Gasteiger partial charge on any atom is 0.316 e. The summed E-state index contributed by atoms with van der Waals surface area (Å²) in [7, 11) is 0. The smallest absolute Gasteiger partial charge is 0.316 e. The molecular weight excluding hydrogens is 260 g/mol. The summed E-state index contributed by atoms with van der Waals surface area (Å²) in [6.07, 6.45) is 0. The molecule has 2 aromatic rings. The summed E-state index contributed by atoms with van der Waals surface area (Å²) in [5, 5.41) is 13.8. The maximum atomic E-state index is 11.1. The number of nitro groups is 1. The lowest BCUT2D eigenvalue weighted by Gasteiger charge is -2.08. The Morgan fingerprint density at radius 2 is 1.85 bits per heavy atom. The summed E-state index contributed by atoms with van der Waals surface area (Å²) in [4.78, 5) is 20.9. The van der Waals surface area contributed by atoms with E-state index in [4.69, 9.17) is 4.74 Å². The summed E-state index contributed by atoms with van der Waals surface area (Å²) < 4.78 is 5.49. The average Bonchev–Trinajstić information content (AvgIpc) is 2.46. The normalized spacial score (nSPS) is 10.0. The Bertz CT molecular complexity index is 614. The maximum absolute atomic E-state index is 11.1. The summed E-state index contributed by atoms with van der Waals surface area (Å²) >= 11 is 0. The van der Waals surface area contributed by atoms with Crippen LogP contribution in [0.25, 0.3) is 0 Å². The number of para-hydroxylation sites is 1. The number of nitrogens with zero attached hydrogens (tertiary/aromatic N) is 2. The molecule has 0 amide bonds. The van der Waals surface area contributed by atoms with Crippen LogP contribution in [0.4, 0.5) is 5.69 Å². The lowest BCUT2D eigenvalue weighted by Crippen LogP contribution is -2.01. The van der Waals surface area contributed by atoms with Gasteiger partial charge in [-0.25, -0.2) is 0 Å². The lowest BCUT2D eigenvalue weighted by molar-refractivity contribution is -0.386. The van der Waals surface area contributed by atoms with Crippen molar-refractivity contribution < 1.29 is 9.66 Å². The molecule has 2 aromatic carbocycles. The minimum absolute atomic E-state index is 0.139. The molecule has 0 spiro atoms. The summed E-state index contributed by atoms with van der Waals surface area (Å²) in [6, 6.07) is 13.9. The van der Waals surface area contributed by atoms with E-state index in [2.05, 4.69) is 5.18 Å². The van der Waals surface area contributed by atoms with Crippen molar-refractivity contribution in [1.82, 2.24) is 0 Å². The second-order valence-electron chi connectivity index (χ2n) is 4.08. The van der Waals surface area contributed by atoms with Crippen LogP contribution >= 0.6 is 0 Å². The van der Waals surface area contributed by atoms with Gasteiger partial charge in [-0.05, 0) is 17.7 Å². The third-order valence-corrected chi connectivity index (χ3v) is 2.74. The second kappa shape index (κ2) is 6.42. The molecule has 0 saturated heterocycles. The zero-order chi connectivity index (χ0) is 14.4. The van der Waals surface area contributed by atoms with E-state index in [0.717, 1.165) is 5.56 Å². The zero-order valence-corrected chi connectivity index (χ0v) is 10.6. The Balaban J connectivity index is 2.24. The highest BCUT2D eigenvalue weighted by molar-refractivity contribution is 5.52. The highest BCUT2D eigenvalue weighted by Crippen LogP contribution is 2.31. The number of rotatable bonds is 6. The van der Waals surface area contributed by atoms with Crippen LogP contribution < -0.4 is 4.74 Å². The Morgan fingerprint density at radius 3 is 2.50 bits per heavy atom. The van der Waals surface area contributed by atoms with Gasteiger partial charge in [0, 0.05) is 0 Å². The predicted octanol–water partition coefficient (Wildman–Crippen LogP) is 3.44. The highest BCUT2D eigenvalue weighted by Gasteiger charge is 2.20. The van der Waals surface area contributed by atoms with Crippen LogP contribution in [-0.4, -0.2) is 4.92 Å². The van der Waals surface area contributed by atoms with E-state index in [0.29, 0.717) is 0 Å². The van der Waals surface area contributed by atoms with Gasteiger partial charge >= 0.3 is 5.69 Å². The number of nitro benzene ring substituents is 1. The fourth-order valence-electron chi connectivity index (χ4n) is 1.82. The first-order valence-electron chi connectivity index (χ1n) is 5.94. The van der Waals surface area contributed by atoms with Crippen LogP contribution in [0, 0.1) is 15.0 Å². The van der Waals surface area contributed by atoms with Crippen molar-refractivity contribution >= 4 is 5.69 Å². The van der Waals surface area contributed by atoms with Gasteiger partial charge in [0.15, 0.2) is 5.75 Å². The molecule has 102 valence electrons. The van der Waals surface area contributed by atoms with E-state index >= 15 is 0 Å². The summed E-state index contributed by atoms with van der Waals surface area (Å²) in [6.45, 7) is -0.0293. The van der Waals surface area contributed by atoms with Gasteiger partial charge < -0.3 is 4.74 Å². The molecule has 0 saturated carbocycles. The molecule has 0 atom stereocenters. The molecule has 0 bridgehead atoms. The van der Waals surface area contributed by atoms with Crippen molar-refractivity contribution in [2.45, 2.75) is 13.2 Å². The van der Waals surface area contributed by atoms with Crippen molar-refractivity contribution in [3.05, 3.63) is 74.7 Å². The first-order chi connectivity index (χ1) is 9.72. The molecular formula is C14H12N2O4. The van der Waals surface area contributed by atoms with Crippen LogP contribution in [0.5, 0.6) is 5.75 Å². The quantitative estimate of drug-likeness (QED) is 0.458. The minimum Gasteiger partial charge on any atom is -0.482 e. The van der Waals surface area contributed by atoms with Crippen LogP contribution in [0.2, 0.25) is 0 Å². The van der Waals surface area contributed by atoms with Crippen molar-refractivity contribution in [3.8, 4) is 5.75 Å². The van der Waals surface area contributed by atoms with E-state index < -0.39 is 4.92 Å². The number of hydrogen-bond donors (Lipinski definition) is 0. The van der Waals surface area contributed by atoms with E-state index in [1.54, 1.807) is 6.07 Å². The predicted molar refractivity (Wildman–Crippen MR) is 73.4 cm³/mol. The molecule has 20 heavy (non-hydrogen) atoms. The highest BCUT2D eigenvalue weighted by atomic mass is 16.6. The van der Waals surface area contributed by atoms with E-state index in [1.807, 2.05) is 30.3 Å². The molecule has 0 heterocycles. The van der Waals surface area contributed by atoms with Crippen molar-refractivity contribution in [2.24, 2.45) is 5.18 Å². The van der Waals surface area contributed by atoms with E-state index in [-0.39, 0.29) is 30.2 Å². The van der Waals surface area contributed by atoms with Gasteiger partial charge in [-0.2, -0.15) is 4.91 Å². The van der Waals surface area contributed by atoms with Gasteiger partial charge in [0.05, 0.1) is 10.5 Å². The number of ether oxygens (including phenoxy) is 1. The molecule has 0 aliphatic heterocycles. The Morgan fingerprint density at radius 1 is 1.10 bits per heavy atom. The fraction of sp³-hybridized carbons (Fsp3) is 0.143. The monoisotopic (exact) mass is 272 g/mol. The number of hydrogen-bond acceptors (Lipinski definition) is 5. The molecule has 0 radical (unpaired) electrons. The van der Waals surface area contributed by atoms with Gasteiger partial charge in [-0.3, -0.25) is 10.1 Å². The largest absolute Gasteiger partial charge is 0.482 e. The molecule has 0 N–H and O–H groups in total. The molecule has 6 nitrogen and oxygen atoms in total. The molecule has 0 aromatic heterocycles. The van der Waals surface area contributed by atoms with Gasteiger partial charge in [0.2, 0.25) is 0 Å². The number of nitroso groups, excluding NO2 is 1. The van der Waals surface area contributed by atoms with Crippen LogP contribution in [0.3, 0.4) is 0 Å². The Kier molecular flexibility index (Phi) is 4.39. The molecule has 0 aliphatic carbocycles. The molecule has 0 fully saturated rings. The first kappa shape index (κ1) is 13.7. The fourth-order valence-corrected chi connectivity index (χ4v) is 1.82. The van der Waals surface area contributed by atoms with E-state index in [9.17, 15) is 15.0 Å². The average molecular weight is 272 g/mol. The summed E-state index contributed by atoms with van der Waals surface area (Å²) in [5.74, 6) is 0.139. The van der Waals surface area contributed by atoms with Gasteiger partial charge in [-0.15, -0.1) is 0 Å². The van der Waals surface area contributed by atoms with Crippen LogP contribution in [0.1, 0.15) is 11.1 Å². The molecule has 6 heteroatoms. The first-order valence-corrected chi connectivity index (χ1v) is 5.94. The van der Waals surface area contributed by atoms with Crippen molar-refractivity contribution in [1.29, 1.82) is 0 Å². The third kappa shape index (κ3) is 3.17. The third-order valence-electron chi connectivity index (χ3n) is 2.74. The second-order valence-corrected chi connectivity index (χ2v) is 4.08. The van der Waals surface area contributed by atoms with Crippen LogP contribution in [-0.2, 0) is 13.2 Å². The van der Waals surface area contributed by atoms with Gasteiger partial charge in [0.1, 0.15) is 13.2 Å². The standard InChI is InChI=1S/C14H12N2O4/c17-15-9-12-7-4-8-13(14(12)16(18)19)20-10-11-5-2-1-3-6-11/h1-8H,9-10H2. The van der Waals surface area contributed by atoms with E-state index in [1.165, 1.54) is 12.1 Å². The number of benzene rings is 2. The topological polar surface area (TPSA) is 81.8 Å². The van der Waals surface area contributed by atoms with Crippen LogP contribution in [0.15, 0.2) is 53.7 Å². The Labute approximate surface area is 115 Å². The molecule has 0 unspecified atom stereocenters. The van der Waals surface area contributed by atoms with Crippen molar-refractivity contribution in [2.75, 3.05) is 0 Å². The molecule has 2 rings (SSSR count). The van der Waals surface area contributed by atoms with Crippen molar-refractivity contribution in [3.63, 3.8) is 0 Å².